The first-order valence-corrected chi connectivity index (χ1v) is 7.92. The molecule has 5 nitrogen and oxygen atoms in total. The SMILES string of the molecule is CCOC(=O)C1CCN(C(=S)Nc2ccccc2OC)CC1. The van der Waals surface area contributed by atoms with Crippen LogP contribution in [0.4, 0.5) is 5.69 Å². The molecule has 1 aromatic carbocycles. The summed E-state index contributed by atoms with van der Waals surface area (Å²) in [5.41, 5.74) is 0.850. The molecule has 0 saturated carbocycles. The molecule has 120 valence electrons. The number of nitrogens with zero attached hydrogens (tertiary/aromatic N) is 1. The van der Waals surface area contributed by atoms with Crippen LogP contribution < -0.4 is 10.1 Å². The van der Waals surface area contributed by atoms with Crippen molar-refractivity contribution in [1.29, 1.82) is 0 Å². The monoisotopic (exact) mass is 322 g/mol. The lowest BCUT2D eigenvalue weighted by atomic mass is 9.97. The second-order valence-electron chi connectivity index (χ2n) is 5.14. The maximum Gasteiger partial charge on any atom is 0.309 e. The fourth-order valence-corrected chi connectivity index (χ4v) is 2.81. The molecule has 0 atom stereocenters. The van der Waals surface area contributed by atoms with Crippen LogP contribution in [0.15, 0.2) is 24.3 Å². The number of methoxy groups -OCH3 is 1. The Morgan fingerprint density at radius 1 is 1.36 bits per heavy atom. The molecule has 1 fully saturated rings. The first-order valence-electron chi connectivity index (χ1n) is 7.51. The highest BCUT2D eigenvalue weighted by atomic mass is 32.1. The molecule has 1 saturated heterocycles. The van der Waals surface area contributed by atoms with Gasteiger partial charge in [0.25, 0.3) is 0 Å². The van der Waals surface area contributed by atoms with E-state index in [0.29, 0.717) is 11.7 Å². The Bertz CT molecular complexity index is 528. The van der Waals surface area contributed by atoms with Crippen LogP contribution in [-0.2, 0) is 9.53 Å². The Kier molecular flexibility index (Phi) is 6.00. The van der Waals surface area contributed by atoms with E-state index in [0.717, 1.165) is 37.4 Å². The molecule has 0 radical (unpaired) electrons. The predicted molar refractivity (Wildman–Crippen MR) is 90.1 cm³/mol. The zero-order valence-electron chi connectivity index (χ0n) is 13.0. The van der Waals surface area contributed by atoms with Gasteiger partial charge in [0.05, 0.1) is 25.3 Å². The molecular formula is C16H22N2O3S. The van der Waals surface area contributed by atoms with Crippen LogP contribution in [0.5, 0.6) is 5.75 Å². The number of rotatable bonds is 4. The van der Waals surface area contributed by atoms with Gasteiger partial charge in [-0.1, -0.05) is 12.1 Å². The van der Waals surface area contributed by atoms with E-state index < -0.39 is 0 Å². The Morgan fingerprint density at radius 2 is 2.05 bits per heavy atom. The Morgan fingerprint density at radius 3 is 2.68 bits per heavy atom. The quantitative estimate of drug-likeness (QED) is 0.679. The van der Waals surface area contributed by atoms with Gasteiger partial charge in [0.15, 0.2) is 5.11 Å². The summed E-state index contributed by atoms with van der Waals surface area (Å²) in [6, 6.07) is 7.66. The molecule has 2 rings (SSSR count). The Labute approximate surface area is 136 Å². The lowest BCUT2D eigenvalue weighted by Gasteiger charge is -2.33. The average Bonchev–Trinajstić information content (AvgIpc) is 2.55. The van der Waals surface area contributed by atoms with Crippen molar-refractivity contribution in [2.24, 2.45) is 5.92 Å². The number of piperidine rings is 1. The maximum atomic E-state index is 11.7. The number of hydrogen-bond donors (Lipinski definition) is 1. The summed E-state index contributed by atoms with van der Waals surface area (Å²) in [7, 11) is 1.63. The zero-order valence-corrected chi connectivity index (χ0v) is 13.8. The molecule has 1 aliphatic rings. The summed E-state index contributed by atoms with van der Waals surface area (Å²) < 4.78 is 10.4. The van der Waals surface area contributed by atoms with Crippen molar-refractivity contribution in [2.45, 2.75) is 19.8 Å². The first-order chi connectivity index (χ1) is 10.7. The number of para-hydroxylation sites is 2. The lowest BCUT2D eigenvalue weighted by molar-refractivity contribution is -0.149. The lowest BCUT2D eigenvalue weighted by Crippen LogP contribution is -2.42. The van der Waals surface area contributed by atoms with Gasteiger partial charge in [0.1, 0.15) is 5.75 Å². The average molecular weight is 322 g/mol. The third-order valence-electron chi connectivity index (χ3n) is 3.75. The van der Waals surface area contributed by atoms with Crippen LogP contribution >= 0.6 is 12.2 Å². The van der Waals surface area contributed by atoms with E-state index >= 15 is 0 Å². The number of benzene rings is 1. The highest BCUT2D eigenvalue weighted by Crippen LogP contribution is 2.25. The largest absolute Gasteiger partial charge is 0.495 e. The van der Waals surface area contributed by atoms with Crippen molar-refractivity contribution in [3.63, 3.8) is 0 Å². The molecule has 1 N–H and O–H groups in total. The molecule has 1 aliphatic heterocycles. The summed E-state index contributed by atoms with van der Waals surface area (Å²) in [4.78, 5) is 13.8. The summed E-state index contributed by atoms with van der Waals surface area (Å²) in [6.45, 7) is 3.78. The third-order valence-corrected chi connectivity index (χ3v) is 4.11. The third kappa shape index (κ3) is 4.10. The number of thiocarbonyl (C=S) groups is 1. The van der Waals surface area contributed by atoms with Gasteiger partial charge >= 0.3 is 5.97 Å². The summed E-state index contributed by atoms with van der Waals surface area (Å²) >= 11 is 5.46. The summed E-state index contributed by atoms with van der Waals surface area (Å²) in [5.74, 6) is 0.655. The number of carbonyl (C=O) groups excluding carboxylic acids is 1. The first kappa shape index (κ1) is 16.5. The van der Waals surface area contributed by atoms with Gasteiger partial charge in [-0.2, -0.15) is 0 Å². The molecule has 0 aliphatic carbocycles. The fraction of sp³-hybridized carbons (Fsp3) is 0.500. The second-order valence-corrected chi connectivity index (χ2v) is 5.53. The minimum atomic E-state index is -0.0919. The smallest absolute Gasteiger partial charge is 0.309 e. The normalized spacial score (nSPS) is 15.3. The molecule has 22 heavy (non-hydrogen) atoms. The molecule has 6 heteroatoms. The number of carbonyl (C=O) groups is 1. The fourth-order valence-electron chi connectivity index (χ4n) is 2.52. The van der Waals surface area contributed by atoms with E-state index in [1.807, 2.05) is 31.2 Å². The second kappa shape index (κ2) is 7.98. The van der Waals surface area contributed by atoms with Crippen LogP contribution in [0.3, 0.4) is 0 Å². The number of nitrogens with one attached hydrogen (secondary N) is 1. The van der Waals surface area contributed by atoms with Crippen LogP contribution in [0.1, 0.15) is 19.8 Å². The van der Waals surface area contributed by atoms with E-state index in [1.165, 1.54) is 0 Å². The van der Waals surface area contributed by atoms with Crippen molar-refractivity contribution < 1.29 is 14.3 Å². The molecule has 0 unspecified atom stereocenters. The van der Waals surface area contributed by atoms with Crippen LogP contribution in [0.25, 0.3) is 0 Å². The minimum Gasteiger partial charge on any atom is -0.495 e. The minimum absolute atomic E-state index is 0.00902. The molecule has 1 heterocycles. The number of hydrogen-bond acceptors (Lipinski definition) is 4. The van der Waals surface area contributed by atoms with Crippen molar-refractivity contribution >= 4 is 29.0 Å². The van der Waals surface area contributed by atoms with Gasteiger partial charge in [-0.3, -0.25) is 4.79 Å². The van der Waals surface area contributed by atoms with Gasteiger partial charge < -0.3 is 19.7 Å². The van der Waals surface area contributed by atoms with E-state index in [9.17, 15) is 4.79 Å². The maximum absolute atomic E-state index is 11.7. The van der Waals surface area contributed by atoms with E-state index in [1.54, 1.807) is 7.11 Å². The van der Waals surface area contributed by atoms with E-state index in [2.05, 4.69) is 10.2 Å². The van der Waals surface area contributed by atoms with Crippen LogP contribution in [0.2, 0.25) is 0 Å². The van der Waals surface area contributed by atoms with Gasteiger partial charge in [-0.25, -0.2) is 0 Å². The molecule has 0 bridgehead atoms. The van der Waals surface area contributed by atoms with Crippen molar-refractivity contribution in [3.05, 3.63) is 24.3 Å². The highest BCUT2D eigenvalue weighted by molar-refractivity contribution is 7.80. The topological polar surface area (TPSA) is 50.8 Å². The number of likely N-dealkylation sites (tertiary alicyclic amines) is 1. The highest BCUT2D eigenvalue weighted by Gasteiger charge is 2.27. The molecular weight excluding hydrogens is 300 g/mol. The van der Waals surface area contributed by atoms with Crippen molar-refractivity contribution in [2.75, 3.05) is 32.1 Å². The molecule has 0 spiro atoms. The number of anilines is 1. The standard InChI is InChI=1S/C16H22N2O3S/c1-3-21-15(19)12-8-10-18(11-9-12)16(22)17-13-6-4-5-7-14(13)20-2/h4-7,12H,3,8-11H2,1-2H3,(H,17,22). The van der Waals surface area contributed by atoms with Crippen LogP contribution in [-0.4, -0.2) is 42.8 Å². The predicted octanol–water partition coefficient (Wildman–Crippen LogP) is 2.67. The Balaban J connectivity index is 1.89. The van der Waals surface area contributed by atoms with Gasteiger partial charge in [-0.15, -0.1) is 0 Å². The molecule has 0 amide bonds. The van der Waals surface area contributed by atoms with Gasteiger partial charge in [-0.05, 0) is 44.1 Å². The molecule has 1 aromatic rings. The zero-order chi connectivity index (χ0) is 15.9. The van der Waals surface area contributed by atoms with E-state index in [4.69, 9.17) is 21.7 Å². The number of ether oxygens (including phenoxy) is 2. The van der Waals surface area contributed by atoms with Gasteiger partial charge in [0.2, 0.25) is 0 Å². The number of esters is 1. The summed E-state index contributed by atoms with van der Waals surface area (Å²) in [6.07, 6.45) is 1.54. The summed E-state index contributed by atoms with van der Waals surface area (Å²) in [5, 5.41) is 3.88. The van der Waals surface area contributed by atoms with Crippen LogP contribution in [0, 0.1) is 5.92 Å². The van der Waals surface area contributed by atoms with Crippen molar-refractivity contribution in [1.82, 2.24) is 4.90 Å². The Hall–Kier alpha value is -1.82. The van der Waals surface area contributed by atoms with Gasteiger partial charge in [0, 0.05) is 13.1 Å². The van der Waals surface area contributed by atoms with Crippen molar-refractivity contribution in [3.8, 4) is 5.75 Å². The van der Waals surface area contributed by atoms with E-state index in [-0.39, 0.29) is 11.9 Å². The molecule has 0 aromatic heterocycles.